The summed E-state index contributed by atoms with van der Waals surface area (Å²) in [5, 5.41) is 12.0. The maximum Gasteiger partial charge on any atom is 0.323 e. The second kappa shape index (κ2) is 5.13. The fourth-order valence-electron chi connectivity index (χ4n) is 2.11. The monoisotopic (exact) mass is 282 g/mol. The summed E-state index contributed by atoms with van der Waals surface area (Å²) in [5.74, 6) is -0.521. The lowest BCUT2D eigenvalue weighted by Gasteiger charge is -2.07. The van der Waals surface area contributed by atoms with Gasteiger partial charge in [-0.15, -0.1) is 0 Å². The molecule has 0 saturated heterocycles. The third-order valence-electron chi connectivity index (χ3n) is 3.16. The van der Waals surface area contributed by atoms with E-state index in [1.54, 1.807) is 12.1 Å². The molecule has 0 radical (unpaired) electrons. The number of nitrogens with one attached hydrogen (secondary N) is 3. The van der Waals surface area contributed by atoms with Crippen LogP contribution in [-0.2, 0) is 6.54 Å². The molecule has 1 aromatic heterocycles. The Morgan fingerprint density at radius 3 is 2.76 bits per heavy atom. The van der Waals surface area contributed by atoms with Crippen LogP contribution in [0.3, 0.4) is 0 Å². The van der Waals surface area contributed by atoms with Gasteiger partial charge in [0.1, 0.15) is 11.9 Å². The van der Waals surface area contributed by atoms with Gasteiger partial charge in [-0.3, -0.25) is 0 Å². The van der Waals surface area contributed by atoms with Gasteiger partial charge in [-0.05, 0) is 35.9 Å². The molecule has 3 aromatic rings. The Kier molecular flexibility index (Phi) is 3.16. The van der Waals surface area contributed by atoms with Crippen LogP contribution in [0.5, 0.6) is 0 Å². The Morgan fingerprint density at radius 1 is 1.14 bits per heavy atom. The molecule has 0 fully saturated rings. The number of halogens is 1. The van der Waals surface area contributed by atoms with Crippen molar-refractivity contribution in [1.29, 1.82) is 5.26 Å². The summed E-state index contributed by atoms with van der Waals surface area (Å²) in [6.45, 7) is 0.453. The number of hydrogen-bond acceptors (Lipinski definition) is 3. The number of fused-ring (bicyclic) bond motifs is 1. The molecule has 6 heteroatoms. The van der Waals surface area contributed by atoms with E-state index in [2.05, 4.69) is 15.3 Å². The van der Waals surface area contributed by atoms with Gasteiger partial charge in [-0.1, -0.05) is 6.07 Å². The molecule has 0 aliphatic rings. The molecule has 0 aliphatic heterocycles. The molecular weight excluding hydrogens is 271 g/mol. The molecular formula is C15H11FN4O. The van der Waals surface area contributed by atoms with Gasteiger partial charge in [-0.25, -0.2) is 9.18 Å². The fraction of sp³-hybridized carbons (Fsp3) is 0.0667. The highest BCUT2D eigenvalue weighted by Crippen LogP contribution is 2.16. The van der Waals surface area contributed by atoms with Crippen molar-refractivity contribution in [2.45, 2.75) is 6.54 Å². The van der Waals surface area contributed by atoms with E-state index < -0.39 is 5.82 Å². The van der Waals surface area contributed by atoms with Gasteiger partial charge in [-0.2, -0.15) is 5.26 Å². The van der Waals surface area contributed by atoms with E-state index in [1.165, 1.54) is 12.1 Å². The quantitative estimate of drug-likeness (QED) is 0.690. The van der Waals surface area contributed by atoms with Crippen molar-refractivity contribution >= 4 is 16.7 Å². The van der Waals surface area contributed by atoms with Gasteiger partial charge in [0.2, 0.25) is 0 Å². The number of anilines is 1. The molecule has 0 unspecified atom stereocenters. The van der Waals surface area contributed by atoms with Gasteiger partial charge >= 0.3 is 5.69 Å². The lowest BCUT2D eigenvalue weighted by Crippen LogP contribution is -2.00. The number of aromatic nitrogens is 2. The zero-order valence-electron chi connectivity index (χ0n) is 10.9. The molecule has 1 heterocycles. The molecule has 3 N–H and O–H groups in total. The largest absolute Gasteiger partial charge is 0.381 e. The molecule has 0 aliphatic carbocycles. The third-order valence-corrected chi connectivity index (χ3v) is 3.16. The van der Waals surface area contributed by atoms with Crippen LogP contribution >= 0.6 is 0 Å². The number of benzene rings is 2. The zero-order valence-corrected chi connectivity index (χ0v) is 10.9. The number of rotatable bonds is 3. The standard InChI is InChI=1S/C15H11FN4O/c16-12-3-1-9(5-10(12)7-17)8-18-11-2-4-13-14(6-11)20-15(21)19-13/h1-6,18H,8H2,(H2,19,20,21). The summed E-state index contributed by atoms with van der Waals surface area (Å²) >= 11 is 0. The minimum Gasteiger partial charge on any atom is -0.381 e. The molecule has 3 rings (SSSR count). The molecule has 21 heavy (non-hydrogen) atoms. The minimum absolute atomic E-state index is 0.0275. The van der Waals surface area contributed by atoms with E-state index in [1.807, 2.05) is 18.2 Å². The Labute approximate surface area is 119 Å². The lowest BCUT2D eigenvalue weighted by molar-refractivity contribution is 0.623. The van der Waals surface area contributed by atoms with Gasteiger partial charge in [0, 0.05) is 12.2 Å². The SMILES string of the molecule is N#Cc1cc(CNc2ccc3[nH]c(=O)[nH]c3c2)ccc1F. The predicted molar refractivity (Wildman–Crippen MR) is 77.4 cm³/mol. The van der Waals surface area contributed by atoms with Crippen molar-refractivity contribution in [2.24, 2.45) is 0 Å². The number of hydrogen-bond donors (Lipinski definition) is 3. The van der Waals surface area contributed by atoms with Crippen molar-refractivity contribution in [2.75, 3.05) is 5.32 Å². The molecule has 104 valence electrons. The van der Waals surface area contributed by atoms with Crippen molar-refractivity contribution < 1.29 is 4.39 Å². The number of nitrogens with zero attached hydrogens (tertiary/aromatic N) is 1. The molecule has 0 spiro atoms. The summed E-state index contributed by atoms with van der Waals surface area (Å²) < 4.78 is 13.2. The Morgan fingerprint density at radius 2 is 1.95 bits per heavy atom. The summed E-state index contributed by atoms with van der Waals surface area (Å²) in [6.07, 6.45) is 0. The van der Waals surface area contributed by atoms with Crippen LogP contribution < -0.4 is 11.0 Å². The molecule has 0 amide bonds. The highest BCUT2D eigenvalue weighted by atomic mass is 19.1. The maximum atomic E-state index is 13.2. The van der Waals surface area contributed by atoms with E-state index in [9.17, 15) is 9.18 Å². The molecule has 0 atom stereocenters. The van der Waals surface area contributed by atoms with Crippen molar-refractivity contribution in [3.63, 3.8) is 0 Å². The highest BCUT2D eigenvalue weighted by Gasteiger charge is 2.03. The fourth-order valence-corrected chi connectivity index (χ4v) is 2.11. The zero-order chi connectivity index (χ0) is 14.8. The Bertz CT molecular complexity index is 904. The van der Waals surface area contributed by atoms with Gasteiger partial charge in [0.25, 0.3) is 0 Å². The second-order valence-electron chi connectivity index (χ2n) is 4.62. The van der Waals surface area contributed by atoms with Crippen LogP contribution in [0.4, 0.5) is 10.1 Å². The molecule has 0 bridgehead atoms. The first-order valence-corrected chi connectivity index (χ1v) is 6.30. The number of aromatic amines is 2. The highest BCUT2D eigenvalue weighted by molar-refractivity contribution is 5.78. The van der Waals surface area contributed by atoms with Crippen molar-refractivity contribution in [3.8, 4) is 6.07 Å². The average Bonchev–Trinajstić information content (AvgIpc) is 2.85. The number of nitriles is 1. The van der Waals surface area contributed by atoms with E-state index in [0.717, 1.165) is 16.8 Å². The molecule has 5 nitrogen and oxygen atoms in total. The minimum atomic E-state index is -0.521. The van der Waals surface area contributed by atoms with Crippen LogP contribution in [-0.4, -0.2) is 9.97 Å². The first-order chi connectivity index (χ1) is 10.2. The average molecular weight is 282 g/mol. The van der Waals surface area contributed by atoms with Crippen LogP contribution in [0.2, 0.25) is 0 Å². The smallest absolute Gasteiger partial charge is 0.323 e. The second-order valence-corrected chi connectivity index (χ2v) is 4.62. The van der Waals surface area contributed by atoms with Crippen LogP contribution in [0.25, 0.3) is 11.0 Å². The topological polar surface area (TPSA) is 84.5 Å². The van der Waals surface area contributed by atoms with Crippen LogP contribution in [0, 0.1) is 17.1 Å². The Hall–Kier alpha value is -3.07. The normalized spacial score (nSPS) is 10.5. The van der Waals surface area contributed by atoms with E-state index in [0.29, 0.717) is 12.1 Å². The lowest BCUT2D eigenvalue weighted by atomic mass is 10.1. The van der Waals surface area contributed by atoms with Gasteiger partial charge in [0.15, 0.2) is 0 Å². The van der Waals surface area contributed by atoms with Crippen LogP contribution in [0.1, 0.15) is 11.1 Å². The summed E-state index contributed by atoms with van der Waals surface area (Å²) in [4.78, 5) is 16.5. The summed E-state index contributed by atoms with van der Waals surface area (Å²) in [5.41, 5.74) is 2.84. The third kappa shape index (κ3) is 2.62. The number of H-pyrrole nitrogens is 2. The molecule has 2 aromatic carbocycles. The van der Waals surface area contributed by atoms with Crippen LogP contribution in [0.15, 0.2) is 41.2 Å². The van der Waals surface area contributed by atoms with E-state index >= 15 is 0 Å². The first-order valence-electron chi connectivity index (χ1n) is 6.30. The van der Waals surface area contributed by atoms with E-state index in [4.69, 9.17) is 5.26 Å². The first kappa shape index (κ1) is 12.9. The predicted octanol–water partition coefficient (Wildman–Crippen LogP) is 2.48. The van der Waals surface area contributed by atoms with Gasteiger partial charge in [0.05, 0.1) is 16.6 Å². The Balaban J connectivity index is 1.80. The number of imidazole rings is 1. The summed E-state index contributed by atoms with van der Waals surface area (Å²) in [7, 11) is 0. The van der Waals surface area contributed by atoms with Crippen molar-refractivity contribution in [3.05, 3.63) is 63.8 Å². The maximum absolute atomic E-state index is 13.2. The summed E-state index contributed by atoms with van der Waals surface area (Å²) in [6, 6.07) is 11.7. The molecule has 0 saturated carbocycles. The van der Waals surface area contributed by atoms with Crippen molar-refractivity contribution in [1.82, 2.24) is 9.97 Å². The van der Waals surface area contributed by atoms with Gasteiger partial charge < -0.3 is 15.3 Å². The van der Waals surface area contributed by atoms with E-state index in [-0.39, 0.29) is 11.3 Å².